The van der Waals surface area contributed by atoms with Crippen LogP contribution in [0.1, 0.15) is 35.5 Å². The Labute approximate surface area is 122 Å². The van der Waals surface area contributed by atoms with Gasteiger partial charge in [-0.15, -0.1) is 11.3 Å². The van der Waals surface area contributed by atoms with E-state index in [1.54, 1.807) is 13.0 Å². The Kier molecular flexibility index (Phi) is 4.77. The van der Waals surface area contributed by atoms with Crippen LogP contribution < -0.4 is 5.32 Å². The number of aryl methyl sites for hydroxylation is 1. The Morgan fingerprint density at radius 1 is 1.55 bits per heavy atom. The molecule has 6 heteroatoms. The molecule has 2 atom stereocenters. The second-order valence-corrected chi connectivity index (χ2v) is 5.96. The van der Waals surface area contributed by atoms with Crippen molar-refractivity contribution in [2.75, 3.05) is 18.5 Å². The molecule has 20 heavy (non-hydrogen) atoms. The molecule has 0 radical (unpaired) electrons. The zero-order chi connectivity index (χ0) is 14.7. The maximum Gasteiger partial charge on any atom is 0.348 e. The van der Waals surface area contributed by atoms with Gasteiger partial charge in [0.05, 0.1) is 30.2 Å². The molecule has 0 aliphatic carbocycles. The number of ether oxygens (including phenoxy) is 2. The summed E-state index contributed by atoms with van der Waals surface area (Å²) in [5, 5.41) is 3.53. The number of carbonyl (C=O) groups excluding carboxylic acids is 2. The lowest BCUT2D eigenvalue weighted by atomic mass is 10.1. The van der Waals surface area contributed by atoms with Crippen molar-refractivity contribution in [3.05, 3.63) is 16.5 Å². The Bertz CT molecular complexity index is 511. The fourth-order valence-corrected chi connectivity index (χ4v) is 3.14. The van der Waals surface area contributed by atoms with Gasteiger partial charge >= 0.3 is 5.97 Å². The van der Waals surface area contributed by atoms with E-state index in [0.717, 1.165) is 12.0 Å². The van der Waals surface area contributed by atoms with Crippen LogP contribution in [0.2, 0.25) is 0 Å². The molecule has 0 bridgehead atoms. The molecule has 1 N–H and O–H groups in total. The highest BCUT2D eigenvalue weighted by Crippen LogP contribution is 2.29. The van der Waals surface area contributed by atoms with Crippen molar-refractivity contribution in [1.29, 1.82) is 0 Å². The normalized spacial score (nSPS) is 21.8. The first-order valence-electron chi connectivity index (χ1n) is 6.71. The summed E-state index contributed by atoms with van der Waals surface area (Å²) in [5.41, 5.74) is 0.819. The van der Waals surface area contributed by atoms with Crippen LogP contribution in [0.25, 0.3) is 0 Å². The summed E-state index contributed by atoms with van der Waals surface area (Å²) in [6, 6.07) is 1.80. The minimum atomic E-state index is -0.340. The Morgan fingerprint density at radius 2 is 2.30 bits per heavy atom. The SMILES string of the molecule is CCOC(=O)c1sc(NC(=O)C2COC(C)C2)cc1C. The van der Waals surface area contributed by atoms with Gasteiger partial charge in [-0.3, -0.25) is 4.79 Å². The molecule has 2 heterocycles. The molecule has 5 nitrogen and oxygen atoms in total. The van der Waals surface area contributed by atoms with E-state index in [-0.39, 0.29) is 23.9 Å². The highest BCUT2D eigenvalue weighted by molar-refractivity contribution is 7.18. The van der Waals surface area contributed by atoms with Crippen LogP contribution in [0, 0.1) is 12.8 Å². The minimum Gasteiger partial charge on any atom is -0.462 e. The van der Waals surface area contributed by atoms with Gasteiger partial charge in [0.1, 0.15) is 4.88 Å². The van der Waals surface area contributed by atoms with Crippen LogP contribution in [-0.4, -0.2) is 31.2 Å². The number of nitrogens with one attached hydrogen (secondary N) is 1. The van der Waals surface area contributed by atoms with Crippen molar-refractivity contribution in [3.8, 4) is 0 Å². The van der Waals surface area contributed by atoms with Crippen molar-refractivity contribution in [2.45, 2.75) is 33.3 Å². The number of carbonyl (C=O) groups is 2. The summed E-state index contributed by atoms with van der Waals surface area (Å²) in [4.78, 5) is 24.3. The molecule has 0 spiro atoms. The van der Waals surface area contributed by atoms with Crippen LogP contribution >= 0.6 is 11.3 Å². The van der Waals surface area contributed by atoms with Gasteiger partial charge in [-0.05, 0) is 38.8 Å². The zero-order valence-corrected chi connectivity index (χ0v) is 12.7. The molecule has 0 saturated carbocycles. The standard InChI is InChI=1S/C14H19NO4S/c1-4-18-14(17)12-8(2)5-11(20-12)15-13(16)10-6-9(3)19-7-10/h5,9-10H,4,6-7H2,1-3H3,(H,15,16). The molecule has 1 aliphatic heterocycles. The number of amides is 1. The summed E-state index contributed by atoms with van der Waals surface area (Å²) in [6.45, 7) is 6.36. The van der Waals surface area contributed by atoms with Gasteiger partial charge in [0.25, 0.3) is 0 Å². The van der Waals surface area contributed by atoms with Gasteiger partial charge in [-0.2, -0.15) is 0 Å². The maximum absolute atomic E-state index is 12.1. The average Bonchev–Trinajstić information content (AvgIpc) is 2.96. The van der Waals surface area contributed by atoms with Crippen molar-refractivity contribution >= 4 is 28.2 Å². The van der Waals surface area contributed by atoms with E-state index < -0.39 is 0 Å². The van der Waals surface area contributed by atoms with E-state index in [0.29, 0.717) is 23.1 Å². The molecule has 1 saturated heterocycles. The molecule has 1 aromatic heterocycles. The second kappa shape index (κ2) is 6.37. The molecule has 2 unspecified atom stereocenters. The number of rotatable bonds is 4. The Hall–Kier alpha value is -1.40. The number of anilines is 1. The lowest BCUT2D eigenvalue weighted by molar-refractivity contribution is -0.119. The van der Waals surface area contributed by atoms with Gasteiger partial charge < -0.3 is 14.8 Å². The molecule has 2 rings (SSSR count). The molecule has 110 valence electrons. The topological polar surface area (TPSA) is 64.6 Å². The Morgan fingerprint density at radius 3 is 2.90 bits per heavy atom. The van der Waals surface area contributed by atoms with E-state index >= 15 is 0 Å². The quantitative estimate of drug-likeness (QED) is 0.868. The summed E-state index contributed by atoms with van der Waals surface area (Å²) < 4.78 is 10.4. The van der Waals surface area contributed by atoms with Crippen molar-refractivity contribution < 1.29 is 19.1 Å². The summed E-state index contributed by atoms with van der Waals surface area (Å²) in [7, 11) is 0. The summed E-state index contributed by atoms with van der Waals surface area (Å²) in [6.07, 6.45) is 0.868. The highest BCUT2D eigenvalue weighted by atomic mass is 32.1. The van der Waals surface area contributed by atoms with E-state index in [1.807, 2.05) is 13.8 Å². The van der Waals surface area contributed by atoms with E-state index in [1.165, 1.54) is 11.3 Å². The smallest absolute Gasteiger partial charge is 0.348 e. The fourth-order valence-electron chi connectivity index (χ4n) is 2.17. The molecule has 1 amide bonds. The lowest BCUT2D eigenvalue weighted by Gasteiger charge is -2.07. The van der Waals surface area contributed by atoms with Gasteiger partial charge in [-0.25, -0.2) is 4.79 Å². The number of esters is 1. The first kappa shape index (κ1) is 15.0. The molecule has 1 fully saturated rings. The molecule has 1 aliphatic rings. The number of thiophene rings is 1. The lowest BCUT2D eigenvalue weighted by Crippen LogP contribution is -2.22. The summed E-state index contributed by atoms with van der Waals surface area (Å²) in [5.74, 6) is -0.502. The van der Waals surface area contributed by atoms with Gasteiger partial charge in [-0.1, -0.05) is 0 Å². The van der Waals surface area contributed by atoms with E-state index in [9.17, 15) is 9.59 Å². The molecular formula is C14H19NO4S. The predicted molar refractivity (Wildman–Crippen MR) is 77.2 cm³/mol. The third kappa shape index (κ3) is 3.37. The number of hydrogen-bond acceptors (Lipinski definition) is 5. The van der Waals surface area contributed by atoms with Crippen molar-refractivity contribution in [2.24, 2.45) is 5.92 Å². The first-order valence-corrected chi connectivity index (χ1v) is 7.53. The van der Waals surface area contributed by atoms with Crippen LogP contribution in [0.4, 0.5) is 5.00 Å². The minimum absolute atomic E-state index is 0.0500. The van der Waals surface area contributed by atoms with Crippen molar-refractivity contribution in [1.82, 2.24) is 0 Å². The van der Waals surface area contributed by atoms with Gasteiger partial charge in [0.15, 0.2) is 0 Å². The van der Waals surface area contributed by atoms with Crippen LogP contribution in [0.3, 0.4) is 0 Å². The van der Waals surface area contributed by atoms with E-state index in [4.69, 9.17) is 9.47 Å². The zero-order valence-electron chi connectivity index (χ0n) is 11.9. The third-order valence-corrected chi connectivity index (χ3v) is 4.33. The fraction of sp³-hybridized carbons (Fsp3) is 0.571. The largest absolute Gasteiger partial charge is 0.462 e. The molecular weight excluding hydrogens is 278 g/mol. The molecule has 0 aromatic carbocycles. The predicted octanol–water partition coefficient (Wildman–Crippen LogP) is 2.60. The van der Waals surface area contributed by atoms with Gasteiger partial charge in [0, 0.05) is 0 Å². The average molecular weight is 297 g/mol. The molecule has 1 aromatic rings. The van der Waals surface area contributed by atoms with Gasteiger partial charge in [0.2, 0.25) is 5.91 Å². The third-order valence-electron chi connectivity index (χ3n) is 3.19. The Balaban J connectivity index is 2.01. The maximum atomic E-state index is 12.1. The highest BCUT2D eigenvalue weighted by Gasteiger charge is 2.28. The number of hydrogen-bond donors (Lipinski definition) is 1. The van der Waals surface area contributed by atoms with Crippen LogP contribution in [-0.2, 0) is 14.3 Å². The second-order valence-electron chi connectivity index (χ2n) is 4.91. The van der Waals surface area contributed by atoms with Crippen LogP contribution in [0.15, 0.2) is 6.07 Å². The van der Waals surface area contributed by atoms with E-state index in [2.05, 4.69) is 5.32 Å². The van der Waals surface area contributed by atoms with Crippen molar-refractivity contribution in [3.63, 3.8) is 0 Å². The monoisotopic (exact) mass is 297 g/mol. The first-order chi connectivity index (χ1) is 9.51. The summed E-state index contributed by atoms with van der Waals surface area (Å²) >= 11 is 1.25. The van der Waals surface area contributed by atoms with Crippen LogP contribution in [0.5, 0.6) is 0 Å².